The second-order valence-corrected chi connectivity index (χ2v) is 8.55. The molecule has 0 aliphatic carbocycles. The first-order valence-electron chi connectivity index (χ1n) is 9.86. The smallest absolute Gasteiger partial charge is 0.297 e. The molecule has 0 bridgehead atoms. The number of carbonyl (C=O) groups is 1. The molecule has 0 saturated heterocycles. The van der Waals surface area contributed by atoms with E-state index >= 15 is 0 Å². The van der Waals surface area contributed by atoms with E-state index in [1.165, 1.54) is 34.4 Å². The summed E-state index contributed by atoms with van der Waals surface area (Å²) in [6.45, 7) is 3.73. The highest BCUT2D eigenvalue weighted by Gasteiger charge is 2.45. The minimum atomic E-state index is -0.921. The Bertz CT molecular complexity index is 1470. The molecular formula is C22H16N4O5S. The van der Waals surface area contributed by atoms with E-state index in [2.05, 4.69) is 10.2 Å². The predicted molar refractivity (Wildman–Crippen MR) is 118 cm³/mol. The Morgan fingerprint density at radius 2 is 2.00 bits per heavy atom. The lowest BCUT2D eigenvalue weighted by molar-refractivity contribution is -0.384. The van der Waals surface area contributed by atoms with Gasteiger partial charge in [0.25, 0.3) is 11.6 Å². The van der Waals surface area contributed by atoms with Crippen LogP contribution in [-0.4, -0.2) is 21.0 Å². The number of rotatable bonds is 4. The van der Waals surface area contributed by atoms with Crippen molar-refractivity contribution in [3.05, 3.63) is 90.3 Å². The van der Waals surface area contributed by atoms with Crippen molar-refractivity contribution in [3.63, 3.8) is 0 Å². The van der Waals surface area contributed by atoms with Gasteiger partial charge in [-0.3, -0.25) is 24.6 Å². The Morgan fingerprint density at radius 3 is 2.69 bits per heavy atom. The lowest BCUT2D eigenvalue weighted by Gasteiger charge is -2.21. The molecule has 32 heavy (non-hydrogen) atoms. The second-order valence-electron chi connectivity index (χ2n) is 7.39. The van der Waals surface area contributed by atoms with Crippen molar-refractivity contribution in [2.24, 2.45) is 0 Å². The lowest BCUT2D eigenvalue weighted by Crippen LogP contribution is -2.29. The predicted octanol–water partition coefficient (Wildman–Crippen LogP) is 4.17. The van der Waals surface area contributed by atoms with Gasteiger partial charge in [-0.05, 0) is 36.6 Å². The summed E-state index contributed by atoms with van der Waals surface area (Å²) in [4.78, 5) is 39.2. The number of non-ortho nitro benzene ring substituents is 1. The highest BCUT2D eigenvalue weighted by molar-refractivity contribution is 7.15. The van der Waals surface area contributed by atoms with Gasteiger partial charge in [0.15, 0.2) is 5.43 Å². The van der Waals surface area contributed by atoms with Crippen molar-refractivity contribution in [2.45, 2.75) is 26.3 Å². The summed E-state index contributed by atoms with van der Waals surface area (Å²) in [5.41, 5.74) is 1.34. The normalized spacial score (nSPS) is 15.4. The average molecular weight is 448 g/mol. The summed E-state index contributed by atoms with van der Waals surface area (Å²) < 4.78 is 5.92. The van der Waals surface area contributed by atoms with E-state index in [0.29, 0.717) is 21.5 Å². The van der Waals surface area contributed by atoms with Crippen molar-refractivity contribution in [2.75, 3.05) is 4.90 Å². The van der Waals surface area contributed by atoms with Crippen LogP contribution in [0.4, 0.5) is 10.8 Å². The summed E-state index contributed by atoms with van der Waals surface area (Å²) in [7, 11) is 0. The highest BCUT2D eigenvalue weighted by Crippen LogP contribution is 2.42. The van der Waals surface area contributed by atoms with Crippen LogP contribution in [0.2, 0.25) is 0 Å². The van der Waals surface area contributed by atoms with Crippen LogP contribution in [-0.2, 0) is 6.42 Å². The zero-order valence-electron chi connectivity index (χ0n) is 17.1. The molecule has 1 aliphatic heterocycles. The molecule has 1 atom stereocenters. The third-order valence-corrected chi connectivity index (χ3v) is 6.30. The molecule has 2 aromatic carbocycles. The first-order valence-corrected chi connectivity index (χ1v) is 10.7. The van der Waals surface area contributed by atoms with Gasteiger partial charge >= 0.3 is 0 Å². The SMILES string of the molecule is CCc1ccc2oc3c(c(=O)c2c1)C(c1cccc([N+](=O)[O-])c1)N(c1nnc(C)s1)C3=O. The second kappa shape index (κ2) is 7.34. The molecule has 5 rings (SSSR count). The fraction of sp³-hybridized carbons (Fsp3) is 0.182. The standard InChI is InChI=1S/C22H16N4O5S/c1-3-12-7-8-16-15(9-12)19(27)17-18(13-5-4-6-14(10-13)26(29)30)25(21(28)20(17)31-16)22-24-23-11(2)32-22/h4-10,18H,3H2,1-2H3. The van der Waals surface area contributed by atoms with Gasteiger partial charge in [-0.15, -0.1) is 10.2 Å². The maximum absolute atomic E-state index is 13.6. The van der Waals surface area contributed by atoms with Crippen LogP contribution in [0.1, 0.15) is 45.2 Å². The highest BCUT2D eigenvalue weighted by atomic mass is 32.1. The van der Waals surface area contributed by atoms with Gasteiger partial charge in [0.2, 0.25) is 10.9 Å². The molecule has 1 aliphatic rings. The number of anilines is 1. The van der Waals surface area contributed by atoms with Gasteiger partial charge in [0.05, 0.1) is 21.9 Å². The van der Waals surface area contributed by atoms with Gasteiger partial charge in [-0.25, -0.2) is 0 Å². The van der Waals surface area contributed by atoms with Crippen molar-refractivity contribution in [1.82, 2.24) is 10.2 Å². The van der Waals surface area contributed by atoms with E-state index in [-0.39, 0.29) is 27.6 Å². The largest absolute Gasteiger partial charge is 0.450 e. The number of aromatic nitrogens is 2. The average Bonchev–Trinajstić information content (AvgIpc) is 3.34. The molecule has 0 fully saturated rings. The zero-order chi connectivity index (χ0) is 22.6. The quantitative estimate of drug-likeness (QED) is 0.339. The Morgan fingerprint density at radius 1 is 1.19 bits per heavy atom. The third-order valence-electron chi connectivity index (χ3n) is 5.46. The van der Waals surface area contributed by atoms with Crippen molar-refractivity contribution in [3.8, 4) is 0 Å². The molecule has 0 radical (unpaired) electrons. The maximum Gasteiger partial charge on any atom is 0.297 e. The van der Waals surface area contributed by atoms with Crippen LogP contribution in [0.15, 0.2) is 51.7 Å². The summed E-state index contributed by atoms with van der Waals surface area (Å²) in [5.74, 6) is -0.623. The number of benzene rings is 2. The minimum Gasteiger partial charge on any atom is -0.450 e. The molecule has 0 saturated carbocycles. The number of aryl methyl sites for hydroxylation is 2. The Hall–Kier alpha value is -3.92. The number of hydrogen-bond acceptors (Lipinski definition) is 8. The van der Waals surface area contributed by atoms with Crippen LogP contribution >= 0.6 is 11.3 Å². The molecule has 4 aromatic rings. The Kier molecular flexibility index (Phi) is 4.59. The molecule has 0 spiro atoms. The summed E-state index contributed by atoms with van der Waals surface area (Å²) in [5, 5.41) is 20.7. The summed E-state index contributed by atoms with van der Waals surface area (Å²) in [6.07, 6.45) is 0.732. The van der Waals surface area contributed by atoms with Crippen LogP contribution in [0.25, 0.3) is 11.0 Å². The fourth-order valence-corrected chi connectivity index (χ4v) is 4.66. The van der Waals surface area contributed by atoms with Gasteiger partial charge in [-0.2, -0.15) is 0 Å². The maximum atomic E-state index is 13.6. The minimum absolute atomic E-state index is 0.0869. The summed E-state index contributed by atoms with van der Waals surface area (Å²) in [6, 6.07) is 10.3. The number of amides is 1. The number of nitrogens with zero attached hydrogens (tertiary/aromatic N) is 4. The first-order chi connectivity index (χ1) is 15.4. The number of nitro benzene ring substituents is 1. The molecule has 0 N–H and O–H groups in total. The topological polar surface area (TPSA) is 119 Å². The molecule has 10 heteroatoms. The van der Waals surface area contributed by atoms with E-state index in [4.69, 9.17) is 4.42 Å². The van der Waals surface area contributed by atoms with Gasteiger partial charge < -0.3 is 4.42 Å². The van der Waals surface area contributed by atoms with Gasteiger partial charge in [0.1, 0.15) is 10.6 Å². The number of fused-ring (bicyclic) bond motifs is 2. The van der Waals surface area contributed by atoms with Gasteiger partial charge in [-0.1, -0.05) is 36.5 Å². The van der Waals surface area contributed by atoms with Crippen LogP contribution in [0.5, 0.6) is 0 Å². The first kappa shape index (κ1) is 20.0. The Balaban J connectivity index is 1.82. The van der Waals surface area contributed by atoms with E-state index < -0.39 is 16.9 Å². The van der Waals surface area contributed by atoms with E-state index in [0.717, 1.165) is 12.0 Å². The van der Waals surface area contributed by atoms with Crippen LogP contribution in [0, 0.1) is 17.0 Å². The number of nitro groups is 1. The zero-order valence-corrected chi connectivity index (χ0v) is 17.9. The van der Waals surface area contributed by atoms with Crippen molar-refractivity contribution in [1.29, 1.82) is 0 Å². The Labute approximate surface area is 185 Å². The summed E-state index contributed by atoms with van der Waals surface area (Å²) >= 11 is 1.19. The number of hydrogen-bond donors (Lipinski definition) is 0. The third kappa shape index (κ3) is 2.99. The van der Waals surface area contributed by atoms with Crippen molar-refractivity contribution >= 4 is 39.0 Å². The molecule has 2 aromatic heterocycles. The molecule has 1 amide bonds. The van der Waals surface area contributed by atoms with E-state index in [9.17, 15) is 19.7 Å². The van der Waals surface area contributed by atoms with Crippen molar-refractivity contribution < 1.29 is 14.1 Å². The molecule has 1 unspecified atom stereocenters. The molecule has 3 heterocycles. The van der Waals surface area contributed by atoms with E-state index in [1.54, 1.807) is 25.1 Å². The fourth-order valence-electron chi connectivity index (χ4n) is 3.94. The molecular weight excluding hydrogens is 432 g/mol. The lowest BCUT2D eigenvalue weighted by atomic mass is 9.97. The van der Waals surface area contributed by atoms with Gasteiger partial charge in [0, 0.05) is 12.1 Å². The monoisotopic (exact) mass is 448 g/mol. The van der Waals surface area contributed by atoms with Crippen LogP contribution in [0.3, 0.4) is 0 Å². The number of carbonyl (C=O) groups excluding carboxylic acids is 1. The van der Waals surface area contributed by atoms with E-state index in [1.807, 2.05) is 13.0 Å². The molecule has 160 valence electrons. The molecule has 9 nitrogen and oxygen atoms in total. The van der Waals surface area contributed by atoms with Crippen LogP contribution < -0.4 is 10.3 Å².